The second-order valence-corrected chi connectivity index (χ2v) is 18.2. The quantitative estimate of drug-likeness (QED) is 0.132. The van der Waals surface area contributed by atoms with E-state index in [-0.39, 0.29) is 55.8 Å². The average Bonchev–Trinajstić information content (AvgIpc) is 3.84. The number of carbonyl (C=O) groups is 3. The number of esters is 1. The molecule has 17 atom stereocenters. The number of epoxide rings is 1. The fourth-order valence-electron chi connectivity index (χ4n) is 10.4. The number of ether oxygens (including phenoxy) is 6. The van der Waals surface area contributed by atoms with Crippen LogP contribution in [-0.4, -0.2) is 143 Å². The predicted octanol–water partition coefficient (Wildman–Crippen LogP) is 3.48. The Morgan fingerprint density at radius 3 is 2.18 bits per heavy atom. The van der Waals surface area contributed by atoms with Crippen LogP contribution in [0.3, 0.4) is 0 Å². The number of carbonyl (C=O) groups excluding carboxylic acids is 3. The second-order valence-electron chi connectivity index (χ2n) is 18.2. The molecule has 0 aromatic heterocycles. The molecule has 4 heterocycles. The molecule has 1 amide bonds. The van der Waals surface area contributed by atoms with Crippen molar-refractivity contribution >= 4 is 17.7 Å². The average molecular weight is 810 g/mol. The first-order chi connectivity index (χ1) is 26.9. The number of methoxy groups -OCH3 is 3. The zero-order valence-corrected chi connectivity index (χ0v) is 35.6. The van der Waals surface area contributed by atoms with E-state index in [1.807, 2.05) is 26.8 Å². The molecule has 4 N–H and O–H groups in total. The number of aliphatic hydroxyl groups is 4. The largest absolute Gasteiger partial charge is 0.456 e. The number of amides is 1. The molecular formula is C43H71NO13. The number of cyclic esters (lactones) is 1. The van der Waals surface area contributed by atoms with Gasteiger partial charge in [0.1, 0.15) is 18.2 Å². The minimum atomic E-state index is -2.50. The highest BCUT2D eigenvalue weighted by Crippen LogP contribution is 2.49. The summed E-state index contributed by atoms with van der Waals surface area (Å²) < 4.78 is 36.2. The summed E-state index contributed by atoms with van der Waals surface area (Å²) in [5, 5.41) is 46.0. The number of fused-ring (bicyclic) bond motifs is 4. The molecule has 5 aliphatic rings. The molecule has 2 unspecified atom stereocenters. The minimum Gasteiger partial charge on any atom is -0.456 e. The van der Waals surface area contributed by atoms with Crippen LogP contribution in [0.25, 0.3) is 0 Å². The maximum absolute atomic E-state index is 14.3. The lowest BCUT2D eigenvalue weighted by atomic mass is 9.79. The molecular weight excluding hydrogens is 738 g/mol. The highest BCUT2D eigenvalue weighted by Gasteiger charge is 2.59. The van der Waals surface area contributed by atoms with Crippen molar-refractivity contribution in [2.75, 3.05) is 27.9 Å². The van der Waals surface area contributed by atoms with Crippen LogP contribution in [-0.2, 0) is 42.8 Å². The Morgan fingerprint density at radius 1 is 0.860 bits per heavy atom. The molecule has 1 aliphatic carbocycles. The molecule has 5 rings (SSSR count). The topological polar surface area (TPSA) is 194 Å². The smallest absolute Gasteiger partial charge is 0.329 e. The van der Waals surface area contributed by atoms with Gasteiger partial charge in [0, 0.05) is 52.0 Å². The summed E-state index contributed by atoms with van der Waals surface area (Å²) in [6.45, 7) is 11.4. The van der Waals surface area contributed by atoms with Crippen molar-refractivity contribution in [2.45, 2.75) is 185 Å². The van der Waals surface area contributed by atoms with Gasteiger partial charge in [-0.3, -0.25) is 9.59 Å². The van der Waals surface area contributed by atoms with E-state index in [0.717, 1.165) is 0 Å². The van der Waals surface area contributed by atoms with Gasteiger partial charge < -0.3 is 53.7 Å². The normalized spacial score (nSPS) is 46.0. The van der Waals surface area contributed by atoms with Gasteiger partial charge in [-0.25, -0.2) is 4.79 Å². The molecule has 326 valence electrons. The number of hydrogen-bond acceptors (Lipinski definition) is 13. The van der Waals surface area contributed by atoms with Crippen molar-refractivity contribution < 1.29 is 63.2 Å². The first-order valence-corrected chi connectivity index (χ1v) is 21.4. The molecule has 57 heavy (non-hydrogen) atoms. The van der Waals surface area contributed by atoms with Gasteiger partial charge >= 0.3 is 5.97 Å². The number of rotatable bonds is 6. The zero-order valence-electron chi connectivity index (χ0n) is 35.6. The molecule has 2 bridgehead atoms. The Kier molecular flexibility index (Phi) is 15.5. The number of nitrogens with zero attached hydrogens (tertiary/aromatic N) is 1. The third kappa shape index (κ3) is 9.97. The van der Waals surface area contributed by atoms with Gasteiger partial charge in [0.05, 0.1) is 48.3 Å². The lowest BCUT2D eigenvalue weighted by molar-refractivity contribution is -0.302. The van der Waals surface area contributed by atoms with Crippen LogP contribution >= 0.6 is 0 Å². The summed E-state index contributed by atoms with van der Waals surface area (Å²) in [6.07, 6.45) is 0.996. The van der Waals surface area contributed by atoms with Gasteiger partial charge in [0.15, 0.2) is 0 Å². The molecule has 0 aromatic rings. The maximum Gasteiger partial charge on any atom is 0.329 e. The number of piperidine rings is 1. The third-order valence-electron chi connectivity index (χ3n) is 14.0. The van der Waals surface area contributed by atoms with Gasteiger partial charge in [-0.1, -0.05) is 33.8 Å². The van der Waals surface area contributed by atoms with E-state index >= 15 is 0 Å². The highest BCUT2D eigenvalue weighted by atomic mass is 16.7. The van der Waals surface area contributed by atoms with Crippen molar-refractivity contribution in [3.63, 3.8) is 0 Å². The van der Waals surface area contributed by atoms with Crippen LogP contribution in [0.4, 0.5) is 0 Å². The molecule has 0 spiro atoms. The molecule has 14 heteroatoms. The highest BCUT2D eigenvalue weighted by molar-refractivity contribution is 6.39. The van der Waals surface area contributed by atoms with Crippen molar-refractivity contribution in [3.8, 4) is 0 Å². The van der Waals surface area contributed by atoms with Gasteiger partial charge in [0.2, 0.25) is 5.79 Å². The van der Waals surface area contributed by atoms with Crippen molar-refractivity contribution in [1.29, 1.82) is 0 Å². The molecule has 4 aliphatic heterocycles. The molecule has 1 saturated carbocycles. The lowest BCUT2D eigenvalue weighted by Crippen LogP contribution is -2.64. The van der Waals surface area contributed by atoms with E-state index in [0.29, 0.717) is 56.9 Å². The fraction of sp³-hybridized carbons (Fsp3) is 0.884. The minimum absolute atomic E-state index is 0.0107. The number of allylic oxidation sites excluding steroid dienone is 1. The van der Waals surface area contributed by atoms with Crippen LogP contribution < -0.4 is 0 Å². The Hall–Kier alpha value is -2.01. The first-order valence-electron chi connectivity index (χ1n) is 21.4. The monoisotopic (exact) mass is 809 g/mol. The fourth-order valence-corrected chi connectivity index (χ4v) is 10.4. The molecule has 4 saturated heterocycles. The number of hydrogen-bond donors (Lipinski definition) is 4. The van der Waals surface area contributed by atoms with Gasteiger partial charge in [-0.2, -0.15) is 0 Å². The van der Waals surface area contributed by atoms with E-state index in [4.69, 9.17) is 28.4 Å². The number of ketones is 1. The van der Waals surface area contributed by atoms with Crippen LogP contribution in [0.2, 0.25) is 0 Å². The van der Waals surface area contributed by atoms with E-state index < -0.39 is 89.7 Å². The maximum atomic E-state index is 14.3. The second kappa shape index (κ2) is 19.1. The summed E-state index contributed by atoms with van der Waals surface area (Å²) in [5.41, 5.74) is 0.143. The zero-order chi connectivity index (χ0) is 42.0. The summed E-state index contributed by atoms with van der Waals surface area (Å²) in [6, 6.07) is -1.12. The van der Waals surface area contributed by atoms with E-state index in [2.05, 4.69) is 6.92 Å². The lowest BCUT2D eigenvalue weighted by Gasteiger charge is -2.47. The van der Waals surface area contributed by atoms with Crippen LogP contribution in [0.1, 0.15) is 112 Å². The predicted molar refractivity (Wildman–Crippen MR) is 209 cm³/mol. The van der Waals surface area contributed by atoms with Gasteiger partial charge in [-0.05, 0) is 95.5 Å². The van der Waals surface area contributed by atoms with E-state index in [9.17, 15) is 34.8 Å². The van der Waals surface area contributed by atoms with E-state index in [1.165, 1.54) is 19.1 Å². The third-order valence-corrected chi connectivity index (χ3v) is 14.0. The molecule has 0 aromatic carbocycles. The van der Waals surface area contributed by atoms with Crippen molar-refractivity contribution in [3.05, 3.63) is 11.6 Å². The Labute approximate surface area is 338 Å². The molecule has 0 radical (unpaired) electrons. The van der Waals surface area contributed by atoms with Crippen LogP contribution in [0, 0.1) is 29.6 Å². The summed E-state index contributed by atoms with van der Waals surface area (Å²) in [7, 11) is 4.65. The SMILES string of the molecule is CC[C@@H]1C2OC2(C)C[C@H](C)C[C@H](OC)[C@H]2O[C@@](O)(C(=O)C(=O)N3CCCC[C@H]3C(=O)O[C@H](/C(C)=C/[C@@H]3CC[C@@H](O)[C@H](OC)C3)[C@H](C)[C@@H](O)C[C@@H]1O)[C@H](C)C[C@@H]2OC. The Balaban J connectivity index is 1.52. The Morgan fingerprint density at radius 2 is 1.53 bits per heavy atom. The summed E-state index contributed by atoms with van der Waals surface area (Å²) in [5.74, 6) is -7.15. The van der Waals surface area contributed by atoms with E-state index in [1.54, 1.807) is 21.0 Å². The summed E-state index contributed by atoms with van der Waals surface area (Å²) >= 11 is 0. The number of aliphatic hydroxyl groups excluding tert-OH is 3. The first kappa shape index (κ1) is 46.1. The van der Waals surface area contributed by atoms with Gasteiger partial charge in [0.25, 0.3) is 11.7 Å². The van der Waals surface area contributed by atoms with Crippen LogP contribution in [0.5, 0.6) is 0 Å². The molecule has 5 fully saturated rings. The standard InChI is InChI=1S/C43H71NO13/c1-10-28-32(47)21-31(46)26(5)36(24(3)18-27-14-15-30(45)33(20-27)52-7)55-41(50)29-13-11-12-16-44(29)40(49)38(48)43(51)25(4)19-35(54-9)37(56-43)34(53-8)17-23(2)22-42(6)39(28)57-42/h18,23,25-37,39,45-47,51H,10-17,19-22H2,1-9H3/b24-18+/t23-,25-,26-,27+,28+,29+,30-,31+,32+,33-,34+,35+,36-,37-,39?,42?,43-/m1/s1. The van der Waals surface area contributed by atoms with Crippen LogP contribution in [0.15, 0.2) is 11.6 Å². The Bertz CT molecular complexity index is 1430. The number of Topliss-reactive ketones (excluding diaryl/α,β-unsaturated/α-hetero) is 1. The van der Waals surface area contributed by atoms with Crippen molar-refractivity contribution in [1.82, 2.24) is 4.90 Å². The van der Waals surface area contributed by atoms with Crippen molar-refractivity contribution in [2.24, 2.45) is 29.6 Å². The van der Waals surface area contributed by atoms with Gasteiger partial charge in [-0.15, -0.1) is 0 Å². The molecule has 14 nitrogen and oxygen atoms in total. The summed E-state index contributed by atoms with van der Waals surface area (Å²) in [4.78, 5) is 44.0.